The van der Waals surface area contributed by atoms with E-state index in [4.69, 9.17) is 11.6 Å². The fourth-order valence-corrected chi connectivity index (χ4v) is 2.46. The number of likely N-dealkylation sites (N-methyl/N-ethyl adjacent to an activating group) is 1. The van der Waals surface area contributed by atoms with Gasteiger partial charge in [-0.05, 0) is 19.9 Å². The van der Waals surface area contributed by atoms with Gasteiger partial charge < -0.3 is 4.90 Å². The van der Waals surface area contributed by atoms with Crippen LogP contribution in [0.2, 0.25) is 5.02 Å². The second-order valence-corrected chi connectivity index (χ2v) is 5.67. The van der Waals surface area contributed by atoms with Crippen molar-refractivity contribution in [2.45, 2.75) is 39.7 Å². The fourth-order valence-electron chi connectivity index (χ4n) is 2.22. The van der Waals surface area contributed by atoms with Gasteiger partial charge in [0, 0.05) is 19.8 Å². The van der Waals surface area contributed by atoms with E-state index in [0.717, 1.165) is 10.4 Å². The lowest BCUT2D eigenvalue weighted by molar-refractivity contribution is -0.142. The molecule has 0 spiro atoms. The summed E-state index contributed by atoms with van der Waals surface area (Å²) in [7, 11) is 1.57. The van der Waals surface area contributed by atoms with Crippen LogP contribution in [0.5, 0.6) is 0 Å². The maximum absolute atomic E-state index is 12.8. The highest BCUT2D eigenvalue weighted by molar-refractivity contribution is 6.32. The lowest BCUT2D eigenvalue weighted by Gasteiger charge is -2.18. The number of hydrogen-bond acceptors (Lipinski definition) is 3. The summed E-state index contributed by atoms with van der Waals surface area (Å²) < 4.78 is 41.1. The van der Waals surface area contributed by atoms with Crippen LogP contribution < -0.4 is 0 Å². The monoisotopic (exact) mass is 363 g/mol. The lowest BCUT2D eigenvalue weighted by atomic mass is 10.3. The molecule has 0 aliphatic carbocycles. The van der Waals surface area contributed by atoms with Crippen LogP contribution in [0.3, 0.4) is 0 Å². The number of carbonyl (C=O) groups excluding carboxylic acids is 1. The van der Waals surface area contributed by atoms with Gasteiger partial charge in [0.1, 0.15) is 6.54 Å². The van der Waals surface area contributed by atoms with Gasteiger partial charge in [-0.2, -0.15) is 23.4 Å². The minimum Gasteiger partial charge on any atom is -0.338 e. The van der Waals surface area contributed by atoms with Crippen molar-refractivity contribution in [2.24, 2.45) is 0 Å². The third-order valence-electron chi connectivity index (χ3n) is 3.62. The van der Waals surface area contributed by atoms with Gasteiger partial charge in [-0.15, -0.1) is 0 Å². The maximum atomic E-state index is 12.8. The zero-order chi connectivity index (χ0) is 18.1. The number of hydrogen-bond donors (Lipinski definition) is 0. The molecule has 2 aromatic heterocycles. The van der Waals surface area contributed by atoms with E-state index in [0.29, 0.717) is 13.1 Å². The fraction of sp³-hybridized carbons (Fsp3) is 0.500. The Hall–Kier alpha value is -2.03. The van der Waals surface area contributed by atoms with Gasteiger partial charge in [0.15, 0.2) is 5.69 Å². The number of nitrogens with zero attached hydrogens (tertiary/aromatic N) is 5. The zero-order valence-corrected chi connectivity index (χ0v) is 14.2. The van der Waals surface area contributed by atoms with E-state index in [-0.39, 0.29) is 18.1 Å². The van der Waals surface area contributed by atoms with Gasteiger partial charge in [-0.1, -0.05) is 11.6 Å². The van der Waals surface area contributed by atoms with Crippen molar-refractivity contribution in [1.29, 1.82) is 0 Å². The Morgan fingerprint density at radius 3 is 2.58 bits per heavy atom. The molecule has 2 aromatic rings. The molecule has 0 bridgehead atoms. The SMILES string of the molecule is CCn1nccc1CN(C)C(=O)Cn1nc(C(F)(F)F)c(Cl)c1C. The highest BCUT2D eigenvalue weighted by Gasteiger charge is 2.38. The third-order valence-corrected chi connectivity index (χ3v) is 4.07. The number of rotatable bonds is 5. The van der Waals surface area contributed by atoms with Gasteiger partial charge in [-0.25, -0.2) is 0 Å². The first-order valence-corrected chi connectivity index (χ1v) is 7.57. The molecule has 0 radical (unpaired) electrons. The molecule has 6 nitrogen and oxygen atoms in total. The minimum absolute atomic E-state index is 0.101. The van der Waals surface area contributed by atoms with E-state index in [2.05, 4.69) is 10.2 Å². The molecule has 132 valence electrons. The quantitative estimate of drug-likeness (QED) is 0.820. The van der Waals surface area contributed by atoms with Gasteiger partial charge in [0.25, 0.3) is 0 Å². The topological polar surface area (TPSA) is 56.0 Å². The molecule has 0 fully saturated rings. The average Bonchev–Trinajstić information content (AvgIpc) is 3.05. The second-order valence-electron chi connectivity index (χ2n) is 5.29. The van der Waals surface area contributed by atoms with Crippen LogP contribution in [0.15, 0.2) is 12.3 Å². The van der Waals surface area contributed by atoms with Crippen molar-refractivity contribution in [2.75, 3.05) is 7.05 Å². The van der Waals surface area contributed by atoms with Crippen LogP contribution in [0.1, 0.15) is 24.0 Å². The standard InChI is InChI=1S/C14H17ClF3N5O/c1-4-22-10(5-6-19-22)7-21(3)11(24)8-23-9(2)12(15)13(20-23)14(16,17)18/h5-6H,4,7-8H2,1-3H3. The third kappa shape index (κ3) is 3.72. The van der Waals surface area contributed by atoms with Crippen LogP contribution in [0.4, 0.5) is 13.2 Å². The highest BCUT2D eigenvalue weighted by atomic mass is 35.5. The Morgan fingerprint density at radius 1 is 1.38 bits per heavy atom. The summed E-state index contributed by atoms with van der Waals surface area (Å²) in [4.78, 5) is 13.7. The summed E-state index contributed by atoms with van der Waals surface area (Å²) in [6, 6.07) is 1.78. The molecule has 2 heterocycles. The number of alkyl halides is 3. The molecule has 10 heteroatoms. The molecule has 0 aliphatic rings. The minimum atomic E-state index is -4.66. The summed E-state index contributed by atoms with van der Waals surface area (Å²) in [5.74, 6) is -0.380. The van der Waals surface area contributed by atoms with Gasteiger partial charge >= 0.3 is 6.18 Å². The molecule has 0 aliphatic heterocycles. The van der Waals surface area contributed by atoms with E-state index in [9.17, 15) is 18.0 Å². The van der Waals surface area contributed by atoms with E-state index in [1.54, 1.807) is 24.0 Å². The Balaban J connectivity index is 2.12. The second kappa shape index (κ2) is 6.84. The van der Waals surface area contributed by atoms with Crippen LogP contribution in [0.25, 0.3) is 0 Å². The normalized spacial score (nSPS) is 11.8. The molecule has 2 rings (SSSR count). The Bertz CT molecular complexity index is 737. The van der Waals surface area contributed by atoms with Crippen LogP contribution in [-0.2, 0) is 30.6 Å². The smallest absolute Gasteiger partial charge is 0.338 e. The van der Waals surface area contributed by atoms with Crippen LogP contribution in [0, 0.1) is 6.92 Å². The zero-order valence-electron chi connectivity index (χ0n) is 13.4. The van der Waals surface area contributed by atoms with Gasteiger partial charge in [0.05, 0.1) is 23.0 Å². The Labute approximate surface area is 141 Å². The maximum Gasteiger partial charge on any atom is 0.436 e. The molecule has 0 saturated carbocycles. The van der Waals surface area contributed by atoms with Crippen molar-refractivity contribution in [3.05, 3.63) is 34.4 Å². The molecular weight excluding hydrogens is 347 g/mol. The number of aryl methyl sites for hydroxylation is 1. The molecule has 24 heavy (non-hydrogen) atoms. The number of halogens is 4. The van der Waals surface area contributed by atoms with Gasteiger partial charge in [0.2, 0.25) is 5.91 Å². The summed E-state index contributed by atoms with van der Waals surface area (Å²) in [5.41, 5.74) is -0.245. The van der Waals surface area contributed by atoms with Gasteiger partial charge in [-0.3, -0.25) is 14.2 Å². The van der Waals surface area contributed by atoms with Crippen molar-refractivity contribution in [1.82, 2.24) is 24.5 Å². The predicted octanol–water partition coefficient (Wildman–Crippen LogP) is 2.74. The average molecular weight is 364 g/mol. The first-order valence-electron chi connectivity index (χ1n) is 7.19. The predicted molar refractivity (Wildman–Crippen MR) is 81.4 cm³/mol. The van der Waals surface area contributed by atoms with E-state index < -0.39 is 16.9 Å². The first-order chi connectivity index (χ1) is 11.1. The summed E-state index contributed by atoms with van der Waals surface area (Å²) in [6.45, 7) is 3.95. The molecule has 0 saturated heterocycles. The molecule has 0 unspecified atom stereocenters. The molecule has 0 aromatic carbocycles. The van der Waals surface area contributed by atoms with Crippen molar-refractivity contribution in [3.8, 4) is 0 Å². The van der Waals surface area contributed by atoms with Crippen molar-refractivity contribution >= 4 is 17.5 Å². The Kier molecular flexibility index (Phi) is 5.22. The van der Waals surface area contributed by atoms with Crippen LogP contribution in [-0.4, -0.2) is 37.4 Å². The van der Waals surface area contributed by atoms with E-state index in [1.807, 2.05) is 6.92 Å². The van der Waals surface area contributed by atoms with Crippen molar-refractivity contribution in [3.63, 3.8) is 0 Å². The molecule has 1 amide bonds. The van der Waals surface area contributed by atoms with Crippen molar-refractivity contribution < 1.29 is 18.0 Å². The van der Waals surface area contributed by atoms with E-state index >= 15 is 0 Å². The van der Waals surface area contributed by atoms with Crippen LogP contribution >= 0.6 is 11.6 Å². The lowest BCUT2D eigenvalue weighted by Crippen LogP contribution is -2.31. The first kappa shape index (κ1) is 18.3. The largest absolute Gasteiger partial charge is 0.436 e. The summed E-state index contributed by atoms with van der Waals surface area (Å²) in [6.07, 6.45) is -3.03. The Morgan fingerprint density at radius 2 is 2.04 bits per heavy atom. The van der Waals surface area contributed by atoms with E-state index in [1.165, 1.54) is 11.8 Å². The summed E-state index contributed by atoms with van der Waals surface area (Å²) in [5, 5.41) is 7.05. The molecular formula is C14H17ClF3N5O. The number of amides is 1. The number of aromatic nitrogens is 4. The molecule has 0 atom stereocenters. The summed E-state index contributed by atoms with van der Waals surface area (Å²) >= 11 is 5.68. The molecule has 0 N–H and O–H groups in total. The number of carbonyl (C=O) groups is 1. The highest BCUT2D eigenvalue weighted by Crippen LogP contribution is 2.35.